The van der Waals surface area contributed by atoms with Gasteiger partial charge in [0.1, 0.15) is 11.4 Å². The molecule has 1 atom stereocenters. The Bertz CT molecular complexity index is 1070. The molecule has 202 valence electrons. The number of nitrogens with two attached hydrogens (primary N) is 1. The highest BCUT2D eigenvalue weighted by Crippen LogP contribution is 2.27. The van der Waals surface area contributed by atoms with Crippen LogP contribution in [0.5, 0.6) is 0 Å². The number of carbonyl (C=O) groups is 4. The van der Waals surface area contributed by atoms with E-state index in [0.29, 0.717) is 31.5 Å². The topological polar surface area (TPSA) is 134 Å². The molecule has 10 heteroatoms. The van der Waals surface area contributed by atoms with Crippen molar-refractivity contribution in [3.8, 4) is 0 Å². The van der Waals surface area contributed by atoms with E-state index in [4.69, 9.17) is 10.5 Å². The number of fused-ring (bicyclic) bond motifs is 1. The van der Waals surface area contributed by atoms with Crippen LogP contribution < -0.4 is 16.4 Å². The van der Waals surface area contributed by atoms with Gasteiger partial charge in [-0.1, -0.05) is 45.0 Å². The van der Waals surface area contributed by atoms with E-state index < -0.39 is 6.04 Å². The molecule has 1 saturated heterocycles. The summed E-state index contributed by atoms with van der Waals surface area (Å²) < 4.78 is 5.20. The van der Waals surface area contributed by atoms with Gasteiger partial charge in [-0.2, -0.15) is 0 Å². The molecule has 0 bridgehead atoms. The average molecular weight is 514 g/mol. The maximum absolute atomic E-state index is 13.5. The van der Waals surface area contributed by atoms with Crippen LogP contribution in [0.4, 0.5) is 0 Å². The van der Waals surface area contributed by atoms with Crippen molar-refractivity contribution in [1.82, 2.24) is 20.4 Å². The maximum atomic E-state index is 13.5. The zero-order valence-corrected chi connectivity index (χ0v) is 22.4. The fourth-order valence-corrected chi connectivity index (χ4v) is 4.59. The van der Waals surface area contributed by atoms with Gasteiger partial charge in [0.25, 0.3) is 0 Å². The van der Waals surface area contributed by atoms with Crippen LogP contribution in [0, 0.1) is 5.41 Å². The third kappa shape index (κ3) is 6.44. The second-order valence-electron chi connectivity index (χ2n) is 10.6. The number of ether oxygens (including phenoxy) is 1. The van der Waals surface area contributed by atoms with E-state index in [2.05, 4.69) is 10.6 Å². The number of ketones is 2. The molecule has 37 heavy (non-hydrogen) atoms. The van der Waals surface area contributed by atoms with Gasteiger partial charge in [-0.05, 0) is 18.3 Å². The molecule has 10 nitrogen and oxygen atoms in total. The summed E-state index contributed by atoms with van der Waals surface area (Å²) in [6, 6.07) is 6.01. The van der Waals surface area contributed by atoms with Gasteiger partial charge in [-0.15, -0.1) is 0 Å². The quantitative estimate of drug-likeness (QED) is 0.444. The normalized spacial score (nSPS) is 17.9. The standard InChI is InChI=1S/C27H39N5O5/c1-27(2,3)25(28)26(36)30-17-10-12-31(13-11-17)16-20(33)32(14-15-37-5)22-21(29-4)23(34)18-8-6-7-9-19(18)24(22)35/h6-9,17,25,29H,10-16,28H2,1-5H3,(H,30,36). The zero-order valence-electron chi connectivity index (χ0n) is 22.4. The summed E-state index contributed by atoms with van der Waals surface area (Å²) in [6.07, 6.45) is 1.37. The largest absolute Gasteiger partial charge is 0.383 e. The van der Waals surface area contributed by atoms with Crippen molar-refractivity contribution in [2.24, 2.45) is 11.1 Å². The fraction of sp³-hybridized carbons (Fsp3) is 0.556. The first-order valence-corrected chi connectivity index (χ1v) is 12.7. The summed E-state index contributed by atoms with van der Waals surface area (Å²) in [5.74, 6) is -1.16. The van der Waals surface area contributed by atoms with Gasteiger partial charge < -0.3 is 26.0 Å². The summed E-state index contributed by atoms with van der Waals surface area (Å²) in [6.45, 7) is 7.42. The van der Waals surface area contributed by atoms with Crippen LogP contribution in [0.25, 0.3) is 0 Å². The predicted molar refractivity (Wildman–Crippen MR) is 140 cm³/mol. The minimum atomic E-state index is -0.600. The Morgan fingerprint density at radius 1 is 1.14 bits per heavy atom. The number of hydrogen-bond acceptors (Lipinski definition) is 8. The highest BCUT2D eigenvalue weighted by Gasteiger charge is 2.37. The molecule has 1 fully saturated rings. The van der Waals surface area contributed by atoms with E-state index in [1.807, 2.05) is 25.7 Å². The molecule has 3 rings (SSSR count). The molecule has 1 aromatic carbocycles. The summed E-state index contributed by atoms with van der Waals surface area (Å²) in [5, 5.41) is 5.88. The number of carbonyl (C=O) groups excluding carboxylic acids is 4. The number of likely N-dealkylation sites (N-methyl/N-ethyl adjacent to an activating group) is 1. The smallest absolute Gasteiger partial charge is 0.241 e. The van der Waals surface area contributed by atoms with Crippen LogP contribution in [-0.4, -0.2) is 92.2 Å². The fourth-order valence-electron chi connectivity index (χ4n) is 4.59. The highest BCUT2D eigenvalue weighted by molar-refractivity contribution is 6.27. The number of allylic oxidation sites excluding steroid dienone is 2. The Hall–Kier alpha value is -3.08. The molecule has 4 N–H and O–H groups in total. The van der Waals surface area contributed by atoms with E-state index in [1.165, 1.54) is 12.0 Å². The lowest BCUT2D eigenvalue weighted by Crippen LogP contribution is -2.54. The first kappa shape index (κ1) is 28.5. The predicted octanol–water partition coefficient (Wildman–Crippen LogP) is 0.926. The van der Waals surface area contributed by atoms with Crippen LogP contribution in [0.3, 0.4) is 0 Å². The van der Waals surface area contributed by atoms with E-state index in [9.17, 15) is 19.2 Å². The van der Waals surface area contributed by atoms with Gasteiger partial charge in [0.15, 0.2) is 0 Å². The van der Waals surface area contributed by atoms with Gasteiger partial charge in [-0.25, -0.2) is 0 Å². The molecule has 0 radical (unpaired) electrons. The van der Waals surface area contributed by atoms with E-state index in [0.717, 1.165) is 0 Å². The lowest BCUT2D eigenvalue weighted by Gasteiger charge is -2.35. The molecule has 1 aliphatic heterocycles. The van der Waals surface area contributed by atoms with Crippen molar-refractivity contribution < 1.29 is 23.9 Å². The van der Waals surface area contributed by atoms with Crippen molar-refractivity contribution >= 4 is 23.4 Å². The lowest BCUT2D eigenvalue weighted by atomic mass is 9.86. The number of nitrogens with one attached hydrogen (secondary N) is 2. The van der Waals surface area contributed by atoms with Crippen LogP contribution in [0.1, 0.15) is 54.3 Å². The highest BCUT2D eigenvalue weighted by atomic mass is 16.5. The second-order valence-corrected chi connectivity index (χ2v) is 10.6. The number of benzene rings is 1. The number of hydrogen-bond donors (Lipinski definition) is 3. The zero-order chi connectivity index (χ0) is 27.3. The molecular formula is C27H39N5O5. The summed E-state index contributed by atoms with van der Waals surface area (Å²) in [7, 11) is 3.09. The lowest BCUT2D eigenvalue weighted by molar-refractivity contribution is -0.131. The third-order valence-electron chi connectivity index (χ3n) is 6.94. The summed E-state index contributed by atoms with van der Waals surface area (Å²) in [5.41, 5.74) is 6.49. The molecular weight excluding hydrogens is 474 g/mol. The third-order valence-corrected chi connectivity index (χ3v) is 6.94. The summed E-state index contributed by atoms with van der Waals surface area (Å²) in [4.78, 5) is 56.0. The molecule has 0 aromatic heterocycles. The minimum Gasteiger partial charge on any atom is -0.383 e. The van der Waals surface area contributed by atoms with Crippen molar-refractivity contribution in [1.29, 1.82) is 0 Å². The number of rotatable bonds is 9. The van der Waals surface area contributed by atoms with E-state index in [1.54, 1.807) is 31.3 Å². The molecule has 2 amide bonds. The number of nitrogens with zero attached hydrogens (tertiary/aromatic N) is 2. The maximum Gasteiger partial charge on any atom is 0.241 e. The number of likely N-dealkylation sites (tertiary alicyclic amines) is 1. The Kier molecular flexibility index (Phi) is 9.22. The van der Waals surface area contributed by atoms with Gasteiger partial charge in [0.05, 0.1) is 19.2 Å². The minimum absolute atomic E-state index is 0.00973. The van der Waals surface area contributed by atoms with Gasteiger partial charge in [-0.3, -0.25) is 24.1 Å². The second kappa shape index (κ2) is 12.0. The Balaban J connectivity index is 1.71. The molecule has 1 aliphatic carbocycles. The number of amides is 2. The molecule has 2 aliphatic rings. The van der Waals surface area contributed by atoms with Gasteiger partial charge in [0, 0.05) is 51.0 Å². The van der Waals surface area contributed by atoms with E-state index >= 15 is 0 Å². The van der Waals surface area contributed by atoms with Crippen LogP contribution in [0.15, 0.2) is 35.7 Å². The molecule has 1 heterocycles. The van der Waals surface area contributed by atoms with Gasteiger partial charge >= 0.3 is 0 Å². The van der Waals surface area contributed by atoms with Crippen molar-refractivity contribution in [3.05, 3.63) is 46.8 Å². The molecule has 0 spiro atoms. The first-order valence-electron chi connectivity index (χ1n) is 12.7. The molecule has 0 saturated carbocycles. The van der Waals surface area contributed by atoms with Gasteiger partial charge in [0.2, 0.25) is 23.4 Å². The molecule has 1 unspecified atom stereocenters. The summed E-state index contributed by atoms with van der Waals surface area (Å²) >= 11 is 0. The van der Waals surface area contributed by atoms with Crippen molar-refractivity contribution in [2.45, 2.75) is 45.7 Å². The Labute approximate surface area is 218 Å². The van der Waals surface area contributed by atoms with Crippen molar-refractivity contribution in [3.63, 3.8) is 0 Å². The van der Waals surface area contributed by atoms with Crippen LogP contribution >= 0.6 is 0 Å². The molecule has 1 aromatic rings. The van der Waals surface area contributed by atoms with Crippen LogP contribution in [0.2, 0.25) is 0 Å². The number of Topliss-reactive ketones (excluding diaryl/α,β-unsaturated/α-hetero) is 2. The Morgan fingerprint density at radius 2 is 1.73 bits per heavy atom. The first-order chi connectivity index (χ1) is 17.5. The number of piperidine rings is 1. The van der Waals surface area contributed by atoms with Crippen molar-refractivity contribution in [2.75, 3.05) is 46.9 Å². The SMILES string of the molecule is CNC1=C(N(CCOC)C(=O)CN2CCC(NC(=O)C(N)C(C)(C)C)CC2)C(=O)c2ccccc2C1=O. The Morgan fingerprint density at radius 3 is 2.27 bits per heavy atom. The van der Waals surface area contributed by atoms with Crippen LogP contribution in [-0.2, 0) is 14.3 Å². The van der Waals surface area contributed by atoms with E-state index in [-0.39, 0.29) is 71.5 Å². The monoisotopic (exact) mass is 513 g/mol. The average Bonchev–Trinajstić information content (AvgIpc) is 2.87. The number of methoxy groups -OCH3 is 1.